The van der Waals surface area contributed by atoms with Gasteiger partial charge < -0.3 is 13.7 Å². The highest BCUT2D eigenvalue weighted by Gasteiger charge is 2.35. The lowest BCUT2D eigenvalue weighted by Gasteiger charge is -2.14. The number of methoxy groups -OCH3 is 1. The SMILES string of the molecule is COc1cc(/C=C2\SC(=O)N(CCOc3cccc4ccccc34)C2=O)cc(Br)c1OS(=O)(=O)c1cccc([N+](=O)[O-])c1. The second-order valence-electron chi connectivity index (χ2n) is 8.99. The highest BCUT2D eigenvalue weighted by Crippen LogP contribution is 2.40. The first-order valence-corrected chi connectivity index (χ1v) is 15.5. The molecule has 0 aliphatic carbocycles. The molecule has 0 bridgehead atoms. The minimum absolute atomic E-state index is 0.00246. The van der Waals surface area contributed by atoms with Gasteiger partial charge in [-0.05, 0) is 69.0 Å². The summed E-state index contributed by atoms with van der Waals surface area (Å²) in [6, 6.07) is 20.7. The van der Waals surface area contributed by atoms with Gasteiger partial charge in [0.15, 0.2) is 11.5 Å². The van der Waals surface area contributed by atoms with Gasteiger partial charge in [0.2, 0.25) is 0 Å². The van der Waals surface area contributed by atoms with E-state index >= 15 is 0 Å². The maximum absolute atomic E-state index is 13.1. The number of carbonyl (C=O) groups is 2. The van der Waals surface area contributed by atoms with Crippen LogP contribution in [0.2, 0.25) is 0 Å². The van der Waals surface area contributed by atoms with Crippen LogP contribution in [0.3, 0.4) is 0 Å². The summed E-state index contributed by atoms with van der Waals surface area (Å²) in [5.74, 6) is -0.0604. The molecule has 11 nitrogen and oxygen atoms in total. The number of rotatable bonds is 10. The molecule has 0 N–H and O–H groups in total. The Morgan fingerprint density at radius 1 is 1.00 bits per heavy atom. The second kappa shape index (κ2) is 12.5. The second-order valence-corrected chi connectivity index (χ2v) is 12.4. The van der Waals surface area contributed by atoms with E-state index < -0.39 is 36.8 Å². The van der Waals surface area contributed by atoms with Crippen molar-refractivity contribution in [1.29, 1.82) is 0 Å². The van der Waals surface area contributed by atoms with E-state index in [1.165, 1.54) is 37.5 Å². The first kappa shape index (κ1) is 30.1. The third-order valence-corrected chi connectivity index (χ3v) is 8.97. The molecular weight excluding hydrogens is 664 g/mol. The summed E-state index contributed by atoms with van der Waals surface area (Å²) >= 11 is 4.04. The average Bonchev–Trinajstić information content (AvgIpc) is 3.25. The molecule has 0 saturated carbocycles. The Labute approximate surface area is 258 Å². The summed E-state index contributed by atoms with van der Waals surface area (Å²) in [5, 5.41) is 12.5. The number of carbonyl (C=O) groups excluding carboxylic acids is 2. The number of thioether (sulfide) groups is 1. The fraction of sp³-hybridized carbons (Fsp3) is 0.103. The van der Waals surface area contributed by atoms with Crippen molar-refractivity contribution in [2.75, 3.05) is 20.3 Å². The van der Waals surface area contributed by atoms with Crippen molar-refractivity contribution in [3.63, 3.8) is 0 Å². The molecule has 14 heteroatoms. The van der Waals surface area contributed by atoms with E-state index in [4.69, 9.17) is 13.7 Å². The number of halogens is 1. The maximum Gasteiger partial charge on any atom is 0.339 e. The van der Waals surface area contributed by atoms with Crippen LogP contribution < -0.4 is 13.7 Å². The Balaban J connectivity index is 1.31. The lowest BCUT2D eigenvalue weighted by atomic mass is 10.1. The van der Waals surface area contributed by atoms with Crippen molar-refractivity contribution in [3.8, 4) is 17.2 Å². The number of imide groups is 1. The van der Waals surface area contributed by atoms with E-state index in [2.05, 4.69) is 15.9 Å². The van der Waals surface area contributed by atoms with Crippen LogP contribution in [0.5, 0.6) is 17.2 Å². The van der Waals surface area contributed by atoms with Crippen LogP contribution in [0.4, 0.5) is 10.5 Å². The van der Waals surface area contributed by atoms with Crippen LogP contribution in [0.1, 0.15) is 5.56 Å². The van der Waals surface area contributed by atoms with Gasteiger partial charge in [0.1, 0.15) is 17.3 Å². The Kier molecular flexibility index (Phi) is 8.71. The molecule has 0 radical (unpaired) electrons. The number of benzene rings is 4. The van der Waals surface area contributed by atoms with Gasteiger partial charge >= 0.3 is 10.1 Å². The Bertz CT molecular complexity index is 1910. The first-order valence-electron chi connectivity index (χ1n) is 12.5. The van der Waals surface area contributed by atoms with Gasteiger partial charge in [-0.3, -0.25) is 24.6 Å². The summed E-state index contributed by atoms with van der Waals surface area (Å²) < 4.78 is 42.4. The summed E-state index contributed by atoms with van der Waals surface area (Å²) in [5.41, 5.74) is 0.00134. The van der Waals surface area contributed by atoms with Crippen LogP contribution in [0.15, 0.2) is 93.1 Å². The number of amides is 2. The summed E-state index contributed by atoms with van der Waals surface area (Å²) in [4.78, 5) is 36.9. The average molecular weight is 686 g/mol. The Hall–Kier alpha value is -4.40. The molecular formula is C29H21BrN2O9S2. The van der Waals surface area contributed by atoms with Gasteiger partial charge in [-0.2, -0.15) is 8.42 Å². The predicted octanol–water partition coefficient (Wildman–Crippen LogP) is 6.40. The Morgan fingerprint density at radius 3 is 2.51 bits per heavy atom. The van der Waals surface area contributed by atoms with Crippen LogP contribution in [0.25, 0.3) is 16.8 Å². The van der Waals surface area contributed by atoms with Gasteiger partial charge in [-0.1, -0.05) is 42.5 Å². The van der Waals surface area contributed by atoms with Crippen molar-refractivity contribution >= 4 is 71.5 Å². The summed E-state index contributed by atoms with van der Waals surface area (Å²) in [6.07, 6.45) is 1.47. The third kappa shape index (κ3) is 6.50. The van der Waals surface area contributed by atoms with Crippen LogP contribution in [0, 0.1) is 10.1 Å². The molecule has 4 aromatic carbocycles. The monoisotopic (exact) mass is 684 g/mol. The maximum atomic E-state index is 13.1. The van der Waals surface area contributed by atoms with Crippen LogP contribution in [-0.4, -0.2) is 49.6 Å². The fourth-order valence-corrected chi connectivity index (χ4v) is 6.74. The quantitative estimate of drug-likeness (QED) is 0.0796. The van der Waals surface area contributed by atoms with E-state index in [0.29, 0.717) is 11.3 Å². The van der Waals surface area contributed by atoms with E-state index in [9.17, 15) is 28.1 Å². The number of non-ortho nitro benzene ring substituents is 1. The number of hydrogen-bond donors (Lipinski definition) is 0. The zero-order valence-corrected chi connectivity index (χ0v) is 25.5. The largest absolute Gasteiger partial charge is 0.493 e. The minimum Gasteiger partial charge on any atom is -0.493 e. The highest BCUT2D eigenvalue weighted by atomic mass is 79.9. The third-order valence-electron chi connectivity index (χ3n) is 6.26. The van der Waals surface area contributed by atoms with Crippen molar-refractivity contribution in [3.05, 3.63) is 104 Å². The number of nitro benzene ring substituents is 1. The van der Waals surface area contributed by atoms with Crippen LogP contribution in [-0.2, 0) is 14.9 Å². The molecule has 1 aliphatic rings. The molecule has 1 aliphatic heterocycles. The van der Waals surface area contributed by atoms with Crippen LogP contribution >= 0.6 is 27.7 Å². The molecule has 1 heterocycles. The molecule has 0 spiro atoms. The first-order chi connectivity index (χ1) is 20.6. The molecule has 1 fully saturated rings. The van der Waals surface area contributed by atoms with Crippen molar-refractivity contribution in [1.82, 2.24) is 4.90 Å². The fourth-order valence-electron chi connectivity index (χ4n) is 4.23. The van der Waals surface area contributed by atoms with Gasteiger partial charge in [0.25, 0.3) is 16.8 Å². The molecule has 4 aromatic rings. The minimum atomic E-state index is -4.48. The number of hydrogen-bond acceptors (Lipinski definition) is 10. The van der Waals surface area contributed by atoms with Gasteiger partial charge in [-0.15, -0.1) is 0 Å². The van der Waals surface area contributed by atoms with E-state index in [1.54, 1.807) is 0 Å². The van der Waals surface area contributed by atoms with Gasteiger partial charge in [0.05, 0.1) is 28.0 Å². The molecule has 220 valence electrons. The predicted molar refractivity (Wildman–Crippen MR) is 164 cm³/mol. The highest BCUT2D eigenvalue weighted by molar-refractivity contribution is 9.10. The molecule has 2 amide bonds. The normalized spacial score (nSPS) is 14.4. The smallest absolute Gasteiger partial charge is 0.339 e. The summed E-state index contributed by atoms with van der Waals surface area (Å²) in [6.45, 7) is 0.143. The standard InChI is InChI=1S/C29H21BrN2O9S2/c1-39-25-15-18(14-23(30)27(25)41-43(37,38)21-9-5-8-20(17-21)32(35)36)16-26-28(33)31(29(34)42-26)12-13-40-24-11-4-7-19-6-2-3-10-22(19)24/h2-11,14-17H,12-13H2,1H3/b26-16-. The molecule has 0 atom stereocenters. The van der Waals surface area contributed by atoms with Crippen molar-refractivity contribution in [2.45, 2.75) is 4.90 Å². The molecule has 43 heavy (non-hydrogen) atoms. The molecule has 1 saturated heterocycles. The lowest BCUT2D eigenvalue weighted by molar-refractivity contribution is -0.385. The molecule has 0 unspecified atom stereocenters. The number of fused-ring (bicyclic) bond motifs is 1. The zero-order valence-electron chi connectivity index (χ0n) is 22.3. The Morgan fingerprint density at radius 2 is 1.74 bits per heavy atom. The van der Waals surface area contributed by atoms with Crippen molar-refractivity contribution < 1.29 is 36.6 Å². The molecule has 5 rings (SSSR count). The van der Waals surface area contributed by atoms with Gasteiger partial charge in [0, 0.05) is 17.5 Å². The van der Waals surface area contributed by atoms with E-state index in [1.807, 2.05) is 42.5 Å². The zero-order chi connectivity index (χ0) is 30.7. The lowest BCUT2D eigenvalue weighted by Crippen LogP contribution is -2.32. The van der Waals surface area contributed by atoms with Crippen molar-refractivity contribution in [2.24, 2.45) is 0 Å². The van der Waals surface area contributed by atoms with E-state index in [0.717, 1.165) is 39.6 Å². The summed E-state index contributed by atoms with van der Waals surface area (Å²) in [7, 11) is -3.18. The molecule has 0 aromatic heterocycles. The topological polar surface area (TPSA) is 142 Å². The van der Waals surface area contributed by atoms with E-state index in [-0.39, 0.29) is 34.0 Å². The number of nitrogens with zero attached hydrogens (tertiary/aromatic N) is 2. The van der Waals surface area contributed by atoms with Gasteiger partial charge in [-0.25, -0.2) is 0 Å². The number of ether oxygens (including phenoxy) is 2. The number of nitro groups is 1.